The highest BCUT2D eigenvalue weighted by atomic mass is 79.9. The van der Waals surface area contributed by atoms with Crippen LogP contribution in [0, 0.1) is 0 Å². The molecular formula is C16H14BrCl3N2O3. The molecule has 0 aliphatic heterocycles. The highest BCUT2D eigenvalue weighted by Gasteiger charge is 2.16. The van der Waals surface area contributed by atoms with E-state index in [1.54, 1.807) is 12.1 Å². The van der Waals surface area contributed by atoms with Crippen LogP contribution >= 0.6 is 50.7 Å². The van der Waals surface area contributed by atoms with Crippen LogP contribution in [0.5, 0.6) is 11.5 Å². The van der Waals surface area contributed by atoms with Gasteiger partial charge in [0.1, 0.15) is 0 Å². The van der Waals surface area contributed by atoms with E-state index in [1.165, 1.54) is 19.2 Å². The van der Waals surface area contributed by atoms with Gasteiger partial charge in [0, 0.05) is 10.6 Å². The summed E-state index contributed by atoms with van der Waals surface area (Å²) in [6.07, 6.45) is 0. The Morgan fingerprint density at radius 1 is 1.16 bits per heavy atom. The smallest absolute Gasteiger partial charge is 0.269 e. The van der Waals surface area contributed by atoms with Crippen molar-refractivity contribution >= 4 is 62.3 Å². The molecule has 2 aromatic rings. The molecule has 0 saturated carbocycles. The van der Waals surface area contributed by atoms with E-state index < -0.39 is 5.91 Å². The van der Waals surface area contributed by atoms with Gasteiger partial charge in [-0.1, -0.05) is 34.8 Å². The second-order valence-electron chi connectivity index (χ2n) is 4.75. The number of nitrogens with one attached hydrogen (secondary N) is 2. The van der Waals surface area contributed by atoms with Crippen LogP contribution in [0.2, 0.25) is 15.1 Å². The van der Waals surface area contributed by atoms with Crippen LogP contribution in [-0.4, -0.2) is 19.6 Å². The van der Waals surface area contributed by atoms with E-state index in [0.717, 1.165) is 0 Å². The quantitative estimate of drug-likeness (QED) is 0.544. The SMILES string of the molecule is CCOc1c(Br)cc(C(=O)NNc2c(Cl)cc(Cl)cc2Cl)cc1OC. The van der Waals surface area contributed by atoms with Crippen LogP contribution < -0.4 is 20.3 Å². The Kier molecular flexibility index (Phi) is 7.07. The molecule has 0 spiro atoms. The summed E-state index contributed by atoms with van der Waals surface area (Å²) in [6.45, 7) is 2.33. The van der Waals surface area contributed by atoms with Crippen LogP contribution in [0.4, 0.5) is 5.69 Å². The first-order chi connectivity index (χ1) is 11.9. The third kappa shape index (κ3) is 4.85. The van der Waals surface area contributed by atoms with Crippen molar-refractivity contribution in [2.24, 2.45) is 0 Å². The molecule has 2 rings (SSSR count). The summed E-state index contributed by atoms with van der Waals surface area (Å²) in [4.78, 5) is 12.4. The Hall–Kier alpha value is -1.34. The number of ether oxygens (including phenoxy) is 2. The van der Waals surface area contributed by atoms with E-state index in [4.69, 9.17) is 44.3 Å². The van der Waals surface area contributed by atoms with Crippen LogP contribution in [-0.2, 0) is 0 Å². The highest BCUT2D eigenvalue weighted by Crippen LogP contribution is 2.37. The fourth-order valence-corrected chi connectivity index (χ4v) is 3.46. The molecule has 0 saturated heterocycles. The monoisotopic (exact) mass is 466 g/mol. The second kappa shape index (κ2) is 8.85. The number of rotatable bonds is 6. The van der Waals surface area contributed by atoms with Crippen molar-refractivity contribution in [1.29, 1.82) is 0 Å². The standard InChI is InChI=1S/C16H14BrCl3N2O3/c1-3-25-15-10(17)4-8(5-13(15)24-2)16(23)22-21-14-11(19)6-9(18)7-12(14)20/h4-7,21H,3H2,1-2H3,(H,22,23). The number of carbonyl (C=O) groups excluding carboxylic acids is 1. The zero-order valence-corrected chi connectivity index (χ0v) is 17.1. The number of halogens is 4. The van der Waals surface area contributed by atoms with E-state index in [9.17, 15) is 4.79 Å². The third-order valence-corrected chi connectivity index (χ3v) is 4.49. The van der Waals surface area contributed by atoms with Crippen LogP contribution in [0.3, 0.4) is 0 Å². The number of hydrogen-bond donors (Lipinski definition) is 2. The summed E-state index contributed by atoms with van der Waals surface area (Å²) in [5, 5.41) is 0.957. The van der Waals surface area contributed by atoms with Crippen molar-refractivity contribution in [2.75, 3.05) is 19.1 Å². The molecule has 134 valence electrons. The maximum Gasteiger partial charge on any atom is 0.269 e. The molecule has 2 aromatic carbocycles. The third-order valence-electron chi connectivity index (χ3n) is 3.09. The lowest BCUT2D eigenvalue weighted by Gasteiger charge is -2.15. The Labute approximate surface area is 168 Å². The summed E-state index contributed by atoms with van der Waals surface area (Å²) < 4.78 is 11.4. The molecular weight excluding hydrogens is 454 g/mol. The minimum Gasteiger partial charge on any atom is -0.493 e. The minimum absolute atomic E-state index is 0.281. The first kappa shape index (κ1) is 20.0. The van der Waals surface area contributed by atoms with Gasteiger partial charge in [0.15, 0.2) is 11.5 Å². The van der Waals surface area contributed by atoms with Gasteiger partial charge in [-0.3, -0.25) is 15.6 Å². The molecule has 0 aliphatic rings. The molecule has 0 radical (unpaired) electrons. The van der Waals surface area contributed by atoms with Gasteiger partial charge in [0.05, 0.1) is 33.9 Å². The molecule has 0 heterocycles. The predicted molar refractivity (Wildman–Crippen MR) is 104 cm³/mol. The molecule has 2 N–H and O–H groups in total. The molecule has 0 unspecified atom stereocenters. The minimum atomic E-state index is -0.413. The molecule has 0 aliphatic carbocycles. The number of anilines is 1. The maximum absolute atomic E-state index is 12.4. The van der Waals surface area contributed by atoms with Crippen molar-refractivity contribution in [2.45, 2.75) is 6.92 Å². The van der Waals surface area contributed by atoms with Gasteiger partial charge >= 0.3 is 0 Å². The molecule has 5 nitrogen and oxygen atoms in total. The summed E-state index contributed by atoms with van der Waals surface area (Å²) in [6, 6.07) is 6.22. The zero-order chi connectivity index (χ0) is 18.6. The highest BCUT2D eigenvalue weighted by molar-refractivity contribution is 9.10. The number of carbonyl (C=O) groups is 1. The van der Waals surface area contributed by atoms with Gasteiger partial charge < -0.3 is 9.47 Å². The fraction of sp³-hybridized carbons (Fsp3) is 0.188. The largest absolute Gasteiger partial charge is 0.493 e. The summed E-state index contributed by atoms with van der Waals surface area (Å²) in [7, 11) is 1.50. The number of benzene rings is 2. The van der Waals surface area contributed by atoms with Crippen LogP contribution in [0.1, 0.15) is 17.3 Å². The van der Waals surface area contributed by atoms with Gasteiger partial charge in [-0.2, -0.15) is 0 Å². The van der Waals surface area contributed by atoms with Crippen molar-refractivity contribution in [1.82, 2.24) is 5.43 Å². The van der Waals surface area contributed by atoms with Gasteiger partial charge in [-0.25, -0.2) is 0 Å². The Bertz CT molecular complexity index is 779. The summed E-state index contributed by atoms with van der Waals surface area (Å²) in [5.74, 6) is 0.548. The van der Waals surface area contributed by atoms with Crippen molar-refractivity contribution in [3.05, 3.63) is 49.4 Å². The Balaban J connectivity index is 2.20. The Morgan fingerprint density at radius 2 is 1.80 bits per heavy atom. The lowest BCUT2D eigenvalue weighted by Crippen LogP contribution is -2.29. The van der Waals surface area contributed by atoms with Gasteiger partial charge in [-0.15, -0.1) is 0 Å². The first-order valence-electron chi connectivity index (χ1n) is 7.08. The van der Waals surface area contributed by atoms with Crippen LogP contribution in [0.15, 0.2) is 28.7 Å². The predicted octanol–water partition coefficient (Wildman–Crippen LogP) is 5.57. The van der Waals surface area contributed by atoms with E-state index in [-0.39, 0.29) is 10.0 Å². The van der Waals surface area contributed by atoms with E-state index in [0.29, 0.717) is 38.9 Å². The molecule has 9 heteroatoms. The Morgan fingerprint density at radius 3 is 2.36 bits per heavy atom. The topological polar surface area (TPSA) is 59.6 Å². The maximum atomic E-state index is 12.4. The molecule has 25 heavy (non-hydrogen) atoms. The van der Waals surface area contributed by atoms with E-state index in [1.807, 2.05) is 6.92 Å². The first-order valence-corrected chi connectivity index (χ1v) is 9.01. The lowest BCUT2D eigenvalue weighted by molar-refractivity contribution is 0.0962. The second-order valence-corrected chi connectivity index (χ2v) is 6.85. The van der Waals surface area contributed by atoms with Gasteiger partial charge in [-0.05, 0) is 47.1 Å². The number of methoxy groups -OCH3 is 1. The van der Waals surface area contributed by atoms with Gasteiger partial charge in [0.25, 0.3) is 5.91 Å². The van der Waals surface area contributed by atoms with Crippen molar-refractivity contribution < 1.29 is 14.3 Å². The van der Waals surface area contributed by atoms with Crippen LogP contribution in [0.25, 0.3) is 0 Å². The number of hydrazine groups is 1. The molecule has 0 fully saturated rings. The average Bonchev–Trinajstić information content (AvgIpc) is 2.55. The van der Waals surface area contributed by atoms with Crippen molar-refractivity contribution in [3.63, 3.8) is 0 Å². The molecule has 0 bridgehead atoms. The molecule has 1 amide bonds. The molecule has 0 atom stereocenters. The average molecular weight is 469 g/mol. The number of amides is 1. The molecule has 0 aromatic heterocycles. The summed E-state index contributed by atoms with van der Waals surface area (Å²) in [5.41, 5.74) is 5.92. The summed E-state index contributed by atoms with van der Waals surface area (Å²) >= 11 is 21.4. The van der Waals surface area contributed by atoms with E-state index >= 15 is 0 Å². The van der Waals surface area contributed by atoms with Crippen molar-refractivity contribution in [3.8, 4) is 11.5 Å². The normalized spacial score (nSPS) is 10.3. The van der Waals surface area contributed by atoms with Gasteiger partial charge in [0.2, 0.25) is 0 Å². The van der Waals surface area contributed by atoms with E-state index in [2.05, 4.69) is 26.8 Å². The zero-order valence-electron chi connectivity index (χ0n) is 13.3. The lowest BCUT2D eigenvalue weighted by atomic mass is 10.2. The fourth-order valence-electron chi connectivity index (χ4n) is 1.99. The number of hydrogen-bond acceptors (Lipinski definition) is 4.